The van der Waals surface area contributed by atoms with Crippen LogP contribution < -0.4 is 15.2 Å². The molecule has 0 amide bonds. The van der Waals surface area contributed by atoms with Gasteiger partial charge in [-0.25, -0.2) is 4.98 Å². The number of aromatic nitrogens is 2. The number of piperazine rings is 1. The van der Waals surface area contributed by atoms with Gasteiger partial charge in [-0.05, 0) is 6.07 Å². The van der Waals surface area contributed by atoms with E-state index < -0.39 is 0 Å². The SMILES string of the molecule is COc1ccc(CN2CCN(c3nccn(C)c3=O)CC2)o1. The highest BCUT2D eigenvalue weighted by atomic mass is 16.6. The zero-order chi connectivity index (χ0) is 15.5. The third kappa shape index (κ3) is 2.99. The molecule has 0 bridgehead atoms. The van der Waals surface area contributed by atoms with E-state index in [4.69, 9.17) is 9.15 Å². The Labute approximate surface area is 128 Å². The van der Waals surface area contributed by atoms with Crippen molar-refractivity contribution in [2.24, 2.45) is 7.05 Å². The molecule has 0 atom stereocenters. The summed E-state index contributed by atoms with van der Waals surface area (Å²) in [5, 5.41) is 0. The molecule has 1 aliphatic rings. The summed E-state index contributed by atoms with van der Waals surface area (Å²) in [5.74, 6) is 1.95. The molecule has 1 fully saturated rings. The highest BCUT2D eigenvalue weighted by Crippen LogP contribution is 2.18. The van der Waals surface area contributed by atoms with Gasteiger partial charge in [-0.3, -0.25) is 9.69 Å². The molecule has 0 N–H and O–H groups in total. The summed E-state index contributed by atoms with van der Waals surface area (Å²) in [5.41, 5.74) is -0.0493. The Morgan fingerprint density at radius 1 is 1.27 bits per heavy atom. The third-order valence-corrected chi connectivity index (χ3v) is 3.89. The lowest BCUT2D eigenvalue weighted by Gasteiger charge is -2.34. The summed E-state index contributed by atoms with van der Waals surface area (Å²) in [6.07, 6.45) is 3.34. The van der Waals surface area contributed by atoms with Crippen LogP contribution in [0.3, 0.4) is 0 Å². The highest BCUT2D eigenvalue weighted by molar-refractivity contribution is 5.36. The van der Waals surface area contributed by atoms with Crippen molar-refractivity contribution < 1.29 is 9.15 Å². The van der Waals surface area contributed by atoms with Gasteiger partial charge in [0, 0.05) is 51.7 Å². The lowest BCUT2D eigenvalue weighted by Crippen LogP contribution is -2.48. The second kappa shape index (κ2) is 6.23. The van der Waals surface area contributed by atoms with Crippen LogP contribution in [0.15, 0.2) is 33.7 Å². The van der Waals surface area contributed by atoms with Crippen molar-refractivity contribution in [1.29, 1.82) is 0 Å². The monoisotopic (exact) mass is 304 g/mol. The molecular weight excluding hydrogens is 284 g/mol. The van der Waals surface area contributed by atoms with Crippen LogP contribution in [0.4, 0.5) is 5.82 Å². The van der Waals surface area contributed by atoms with Crippen molar-refractivity contribution in [3.8, 4) is 5.95 Å². The van der Waals surface area contributed by atoms with Crippen LogP contribution in [0, 0.1) is 0 Å². The molecule has 2 aromatic heterocycles. The Bertz CT molecular complexity index is 686. The second-order valence-electron chi connectivity index (χ2n) is 5.35. The van der Waals surface area contributed by atoms with Crippen LogP contribution in [-0.2, 0) is 13.6 Å². The molecule has 7 nitrogen and oxygen atoms in total. The summed E-state index contributed by atoms with van der Waals surface area (Å²) < 4.78 is 12.1. The van der Waals surface area contributed by atoms with E-state index in [9.17, 15) is 4.79 Å². The first-order valence-corrected chi connectivity index (χ1v) is 7.29. The van der Waals surface area contributed by atoms with Crippen molar-refractivity contribution in [3.63, 3.8) is 0 Å². The van der Waals surface area contributed by atoms with Gasteiger partial charge in [0.2, 0.25) is 0 Å². The largest absolute Gasteiger partial charge is 0.468 e. The topological polar surface area (TPSA) is 63.7 Å². The number of aryl methyl sites for hydroxylation is 1. The maximum absolute atomic E-state index is 12.1. The number of rotatable bonds is 4. The molecular formula is C15H20N4O3. The van der Waals surface area contributed by atoms with E-state index >= 15 is 0 Å². The number of furan rings is 1. The molecule has 22 heavy (non-hydrogen) atoms. The van der Waals surface area contributed by atoms with Gasteiger partial charge in [0.25, 0.3) is 11.5 Å². The Hall–Kier alpha value is -2.28. The number of hydrogen-bond acceptors (Lipinski definition) is 6. The molecule has 118 valence electrons. The predicted octanol–water partition coefficient (Wildman–Crippen LogP) is 0.704. The van der Waals surface area contributed by atoms with E-state index in [1.165, 1.54) is 0 Å². The zero-order valence-electron chi connectivity index (χ0n) is 12.9. The molecule has 1 aliphatic heterocycles. The fraction of sp³-hybridized carbons (Fsp3) is 0.467. The molecule has 0 radical (unpaired) electrons. The van der Waals surface area contributed by atoms with Crippen molar-refractivity contribution in [2.75, 3.05) is 38.2 Å². The van der Waals surface area contributed by atoms with Gasteiger partial charge in [-0.2, -0.15) is 0 Å². The van der Waals surface area contributed by atoms with Crippen molar-refractivity contribution in [3.05, 3.63) is 40.6 Å². The number of hydrogen-bond donors (Lipinski definition) is 0. The third-order valence-electron chi connectivity index (χ3n) is 3.89. The maximum Gasteiger partial charge on any atom is 0.293 e. The second-order valence-corrected chi connectivity index (χ2v) is 5.35. The van der Waals surface area contributed by atoms with Crippen LogP contribution in [0.1, 0.15) is 5.76 Å². The van der Waals surface area contributed by atoms with Crippen LogP contribution in [0.5, 0.6) is 5.95 Å². The number of nitrogens with zero attached hydrogens (tertiary/aromatic N) is 4. The van der Waals surface area contributed by atoms with E-state index in [0.29, 0.717) is 11.8 Å². The summed E-state index contributed by atoms with van der Waals surface area (Å²) in [6.45, 7) is 4.04. The molecule has 7 heteroatoms. The Kier molecular flexibility index (Phi) is 4.15. The number of ether oxygens (including phenoxy) is 1. The Morgan fingerprint density at radius 3 is 2.73 bits per heavy atom. The standard InChI is InChI=1S/C15H20N4O3/c1-17-6-5-16-14(15(17)20)19-9-7-18(8-10-19)11-12-3-4-13(21-2)22-12/h3-6H,7-11H2,1-2H3. The number of anilines is 1. The van der Waals surface area contributed by atoms with E-state index in [1.807, 2.05) is 17.0 Å². The molecule has 0 aromatic carbocycles. The zero-order valence-corrected chi connectivity index (χ0v) is 12.9. The molecule has 0 saturated carbocycles. The van der Waals surface area contributed by atoms with Crippen LogP contribution in [0.2, 0.25) is 0 Å². The summed E-state index contributed by atoms with van der Waals surface area (Å²) in [6, 6.07) is 3.75. The maximum atomic E-state index is 12.1. The molecule has 0 aliphatic carbocycles. The van der Waals surface area contributed by atoms with Crippen LogP contribution in [-0.4, -0.2) is 47.7 Å². The molecule has 0 unspecified atom stereocenters. The minimum Gasteiger partial charge on any atom is -0.468 e. The molecule has 2 aromatic rings. The molecule has 3 rings (SSSR count). The van der Waals surface area contributed by atoms with E-state index in [1.54, 1.807) is 31.1 Å². The summed E-state index contributed by atoms with van der Waals surface area (Å²) in [7, 11) is 3.34. The summed E-state index contributed by atoms with van der Waals surface area (Å²) >= 11 is 0. The molecule has 0 spiro atoms. The van der Waals surface area contributed by atoms with Gasteiger partial charge in [0.05, 0.1) is 13.7 Å². The average Bonchev–Trinajstić information content (AvgIpc) is 2.99. The van der Waals surface area contributed by atoms with Gasteiger partial charge in [0.15, 0.2) is 5.82 Å². The Morgan fingerprint density at radius 2 is 2.05 bits per heavy atom. The fourth-order valence-electron chi connectivity index (χ4n) is 2.59. The van der Waals surface area contributed by atoms with Crippen LogP contribution in [0.25, 0.3) is 0 Å². The van der Waals surface area contributed by atoms with Crippen molar-refractivity contribution in [2.45, 2.75) is 6.54 Å². The van der Waals surface area contributed by atoms with E-state index in [0.717, 1.165) is 38.5 Å². The first-order chi connectivity index (χ1) is 10.7. The minimum atomic E-state index is -0.0493. The first kappa shape index (κ1) is 14.6. The highest BCUT2D eigenvalue weighted by Gasteiger charge is 2.21. The quantitative estimate of drug-likeness (QED) is 0.829. The average molecular weight is 304 g/mol. The van der Waals surface area contributed by atoms with Crippen molar-refractivity contribution in [1.82, 2.24) is 14.5 Å². The minimum absolute atomic E-state index is 0.0493. The van der Waals surface area contributed by atoms with Gasteiger partial charge < -0.3 is 18.6 Å². The van der Waals surface area contributed by atoms with E-state index in [2.05, 4.69) is 9.88 Å². The molecule has 3 heterocycles. The van der Waals surface area contributed by atoms with Gasteiger partial charge in [-0.15, -0.1) is 0 Å². The lowest BCUT2D eigenvalue weighted by molar-refractivity contribution is 0.217. The smallest absolute Gasteiger partial charge is 0.293 e. The van der Waals surface area contributed by atoms with Gasteiger partial charge in [0.1, 0.15) is 5.76 Å². The lowest BCUT2D eigenvalue weighted by atomic mass is 10.3. The summed E-state index contributed by atoms with van der Waals surface area (Å²) in [4.78, 5) is 20.7. The first-order valence-electron chi connectivity index (χ1n) is 7.29. The van der Waals surface area contributed by atoms with Crippen molar-refractivity contribution >= 4 is 5.82 Å². The number of methoxy groups -OCH3 is 1. The Balaban J connectivity index is 1.60. The normalized spacial score (nSPS) is 16.0. The van der Waals surface area contributed by atoms with Gasteiger partial charge >= 0.3 is 0 Å². The predicted molar refractivity (Wildman–Crippen MR) is 82.2 cm³/mol. The van der Waals surface area contributed by atoms with Gasteiger partial charge in [-0.1, -0.05) is 0 Å². The van der Waals surface area contributed by atoms with E-state index in [-0.39, 0.29) is 5.56 Å². The van der Waals surface area contributed by atoms with Crippen LogP contribution >= 0.6 is 0 Å². The fourth-order valence-corrected chi connectivity index (χ4v) is 2.59. The molecule has 1 saturated heterocycles.